The summed E-state index contributed by atoms with van der Waals surface area (Å²) in [5, 5.41) is 0.812. The Morgan fingerprint density at radius 3 is 2.32 bits per heavy atom. The zero-order chi connectivity index (χ0) is 18.0. The second kappa shape index (κ2) is 7.80. The van der Waals surface area contributed by atoms with Gasteiger partial charge in [-0.15, -0.1) is 0 Å². The van der Waals surface area contributed by atoms with E-state index in [1.54, 1.807) is 24.3 Å². The molecule has 1 aliphatic rings. The van der Waals surface area contributed by atoms with Crippen molar-refractivity contribution in [3.8, 4) is 0 Å². The van der Waals surface area contributed by atoms with E-state index in [-0.39, 0.29) is 16.6 Å². The van der Waals surface area contributed by atoms with Crippen LogP contribution in [0.25, 0.3) is 0 Å². The molecule has 1 saturated heterocycles. The molecular formula is C16H17Cl2NO4S2. The summed E-state index contributed by atoms with van der Waals surface area (Å²) in [4.78, 5) is 0. The van der Waals surface area contributed by atoms with Crippen molar-refractivity contribution >= 4 is 44.0 Å². The highest BCUT2D eigenvalue weighted by Gasteiger charge is 2.30. The first-order valence-electron chi connectivity index (χ1n) is 7.74. The van der Waals surface area contributed by atoms with Gasteiger partial charge >= 0.3 is 0 Å². The summed E-state index contributed by atoms with van der Waals surface area (Å²) in [6, 6.07) is 8.07. The molecule has 1 aliphatic heterocycles. The van der Waals surface area contributed by atoms with E-state index in [9.17, 15) is 12.6 Å². The normalized spacial score (nSPS) is 17.0. The van der Waals surface area contributed by atoms with Crippen molar-refractivity contribution in [1.82, 2.24) is 4.31 Å². The maximum atomic E-state index is 12.4. The second-order valence-electron chi connectivity index (χ2n) is 5.76. The van der Waals surface area contributed by atoms with E-state index in [1.165, 1.54) is 10.4 Å². The van der Waals surface area contributed by atoms with E-state index in [0.29, 0.717) is 34.5 Å². The minimum absolute atomic E-state index is 0.0943. The van der Waals surface area contributed by atoms with Crippen LogP contribution in [0.2, 0.25) is 10.0 Å². The number of furan rings is 1. The van der Waals surface area contributed by atoms with E-state index in [2.05, 4.69) is 0 Å². The fraction of sp³-hybridized carbons (Fsp3) is 0.375. The first kappa shape index (κ1) is 18.9. The van der Waals surface area contributed by atoms with Gasteiger partial charge in [-0.1, -0.05) is 29.3 Å². The quantitative estimate of drug-likeness (QED) is 0.710. The minimum Gasteiger partial charge on any atom is -0.447 e. The Bertz CT molecular complexity index is 869. The molecule has 1 aromatic carbocycles. The van der Waals surface area contributed by atoms with Crippen molar-refractivity contribution in [2.24, 2.45) is 0 Å². The van der Waals surface area contributed by atoms with Gasteiger partial charge in [-0.05, 0) is 37.1 Å². The topological polar surface area (TPSA) is 67.6 Å². The van der Waals surface area contributed by atoms with Gasteiger partial charge in [-0.25, -0.2) is 8.42 Å². The van der Waals surface area contributed by atoms with Crippen molar-refractivity contribution in [3.05, 3.63) is 51.7 Å². The third kappa shape index (κ3) is 4.28. The predicted octanol–water partition coefficient (Wildman–Crippen LogP) is 3.82. The molecule has 9 heteroatoms. The molecule has 1 atom stereocenters. The van der Waals surface area contributed by atoms with Gasteiger partial charge in [-0.2, -0.15) is 4.31 Å². The molecule has 5 nitrogen and oxygen atoms in total. The highest BCUT2D eigenvalue weighted by molar-refractivity contribution is 7.89. The molecule has 0 amide bonds. The number of halogens is 2. The SMILES string of the molecule is O=[S@](Cc1ccc(S(=O)(=O)N2CCCC2)o1)Cc1c(Cl)cccc1Cl. The Morgan fingerprint density at radius 2 is 1.68 bits per heavy atom. The Hall–Kier alpha value is -0.860. The summed E-state index contributed by atoms with van der Waals surface area (Å²) < 4.78 is 44.1. The van der Waals surface area contributed by atoms with Gasteiger partial charge in [0.25, 0.3) is 10.0 Å². The van der Waals surface area contributed by atoms with Crippen molar-refractivity contribution < 1.29 is 17.0 Å². The van der Waals surface area contributed by atoms with Crippen LogP contribution in [-0.4, -0.2) is 30.0 Å². The van der Waals surface area contributed by atoms with E-state index >= 15 is 0 Å². The zero-order valence-corrected chi connectivity index (χ0v) is 16.4. The lowest BCUT2D eigenvalue weighted by molar-refractivity contribution is 0.396. The maximum absolute atomic E-state index is 12.4. The van der Waals surface area contributed by atoms with Gasteiger partial charge in [0.15, 0.2) is 0 Å². The summed E-state index contributed by atoms with van der Waals surface area (Å²) in [5.41, 5.74) is 0.612. The van der Waals surface area contributed by atoms with Crippen LogP contribution in [0.15, 0.2) is 39.8 Å². The first-order chi connectivity index (χ1) is 11.9. The minimum atomic E-state index is -3.60. The molecule has 2 aromatic rings. The molecule has 0 saturated carbocycles. The fourth-order valence-corrected chi connectivity index (χ4v) is 6.01. The average Bonchev–Trinajstić information content (AvgIpc) is 3.23. The van der Waals surface area contributed by atoms with Crippen molar-refractivity contribution in [1.29, 1.82) is 0 Å². The van der Waals surface area contributed by atoms with Crippen LogP contribution in [0.5, 0.6) is 0 Å². The largest absolute Gasteiger partial charge is 0.447 e. The van der Waals surface area contributed by atoms with Gasteiger partial charge in [0.2, 0.25) is 5.09 Å². The highest BCUT2D eigenvalue weighted by Crippen LogP contribution is 2.27. The van der Waals surface area contributed by atoms with Crippen molar-refractivity contribution in [2.45, 2.75) is 29.4 Å². The first-order valence-corrected chi connectivity index (χ1v) is 11.4. The lowest BCUT2D eigenvalue weighted by Crippen LogP contribution is -2.27. The van der Waals surface area contributed by atoms with Gasteiger partial charge in [-0.3, -0.25) is 4.21 Å². The number of hydrogen-bond donors (Lipinski definition) is 0. The molecule has 0 radical (unpaired) electrons. The highest BCUT2D eigenvalue weighted by atomic mass is 35.5. The van der Waals surface area contributed by atoms with E-state index in [0.717, 1.165) is 12.8 Å². The number of hydrogen-bond acceptors (Lipinski definition) is 4. The van der Waals surface area contributed by atoms with E-state index < -0.39 is 20.8 Å². The Balaban J connectivity index is 1.70. The lowest BCUT2D eigenvalue weighted by atomic mass is 10.2. The predicted molar refractivity (Wildman–Crippen MR) is 98.7 cm³/mol. The smallest absolute Gasteiger partial charge is 0.276 e. The standard InChI is InChI=1S/C16H17Cl2NO4S2/c17-14-4-3-5-15(18)13(14)11-24(20)10-12-6-7-16(23-12)25(21,22)19-8-1-2-9-19/h3-7H,1-2,8-11H2/t24-/m1/s1. The van der Waals surface area contributed by atoms with E-state index in [4.69, 9.17) is 27.6 Å². The second-order valence-corrected chi connectivity index (χ2v) is 9.90. The van der Waals surface area contributed by atoms with Crippen LogP contribution >= 0.6 is 23.2 Å². The van der Waals surface area contributed by atoms with Crippen molar-refractivity contribution in [3.63, 3.8) is 0 Å². The molecular weight excluding hydrogens is 405 g/mol. The van der Waals surface area contributed by atoms with Crippen molar-refractivity contribution in [2.75, 3.05) is 13.1 Å². The van der Waals surface area contributed by atoms with Crippen LogP contribution in [0, 0.1) is 0 Å². The summed E-state index contributed by atoms with van der Waals surface area (Å²) in [5.74, 6) is 0.629. The fourth-order valence-electron chi connectivity index (χ4n) is 2.67. The summed E-state index contributed by atoms with van der Waals surface area (Å²) >= 11 is 12.2. The summed E-state index contributed by atoms with van der Waals surface area (Å²) in [6.45, 7) is 1.02. The number of sulfonamides is 1. The molecule has 136 valence electrons. The zero-order valence-electron chi connectivity index (χ0n) is 13.3. The molecule has 0 N–H and O–H groups in total. The van der Waals surface area contributed by atoms with Gasteiger partial charge in [0, 0.05) is 39.5 Å². The van der Waals surface area contributed by atoms with Gasteiger partial charge in [0.1, 0.15) is 5.76 Å². The van der Waals surface area contributed by atoms with Crippen LogP contribution in [0.4, 0.5) is 0 Å². The molecule has 0 unspecified atom stereocenters. The maximum Gasteiger partial charge on any atom is 0.276 e. The number of rotatable bonds is 6. The molecule has 1 fully saturated rings. The van der Waals surface area contributed by atoms with Gasteiger partial charge in [0.05, 0.1) is 11.5 Å². The van der Waals surface area contributed by atoms with Crippen LogP contribution in [0.3, 0.4) is 0 Å². The summed E-state index contributed by atoms with van der Waals surface area (Å²) in [6.07, 6.45) is 1.71. The van der Waals surface area contributed by atoms with E-state index in [1.807, 2.05) is 0 Å². The average molecular weight is 422 g/mol. The summed E-state index contributed by atoms with van der Waals surface area (Å²) in [7, 11) is -4.93. The molecule has 0 spiro atoms. The molecule has 1 aromatic heterocycles. The van der Waals surface area contributed by atoms with Crippen LogP contribution in [0.1, 0.15) is 24.2 Å². The Labute approximate surface area is 159 Å². The lowest BCUT2D eigenvalue weighted by Gasteiger charge is -2.12. The molecule has 2 heterocycles. The monoisotopic (exact) mass is 421 g/mol. The molecule has 0 aliphatic carbocycles. The number of nitrogens with zero attached hydrogens (tertiary/aromatic N) is 1. The van der Waals surface area contributed by atoms with Crippen LogP contribution in [-0.2, 0) is 32.3 Å². The van der Waals surface area contributed by atoms with Gasteiger partial charge < -0.3 is 4.42 Å². The molecule has 0 bridgehead atoms. The molecule has 25 heavy (non-hydrogen) atoms. The molecule has 3 rings (SSSR count). The number of benzene rings is 1. The third-order valence-electron chi connectivity index (χ3n) is 3.97. The Kier molecular flexibility index (Phi) is 5.90. The van der Waals surface area contributed by atoms with Crippen LogP contribution < -0.4 is 0 Å². The third-order valence-corrected chi connectivity index (χ3v) is 7.66. The Morgan fingerprint density at radius 1 is 1.04 bits per heavy atom.